The molecule has 6 heteroatoms. The number of halogens is 1. The summed E-state index contributed by atoms with van der Waals surface area (Å²) >= 11 is 6.12. The van der Waals surface area contributed by atoms with E-state index < -0.39 is 5.97 Å². The minimum Gasteiger partial charge on any atom is -0.478 e. The maximum Gasteiger partial charge on any atom is 0.335 e. The third-order valence-corrected chi connectivity index (χ3v) is 3.31. The highest BCUT2D eigenvalue weighted by Crippen LogP contribution is 2.20. The molecule has 1 N–H and O–H groups in total. The van der Waals surface area contributed by atoms with Crippen LogP contribution in [0.4, 0.5) is 0 Å². The van der Waals surface area contributed by atoms with Crippen molar-refractivity contribution in [2.24, 2.45) is 7.05 Å². The molecule has 1 aromatic carbocycles. The van der Waals surface area contributed by atoms with Crippen LogP contribution in [0.5, 0.6) is 0 Å². The summed E-state index contributed by atoms with van der Waals surface area (Å²) in [7, 11) is 3.83. The molecule has 0 bridgehead atoms. The molecule has 2 rings (SSSR count). The van der Waals surface area contributed by atoms with Crippen molar-refractivity contribution >= 4 is 17.6 Å². The van der Waals surface area contributed by atoms with E-state index in [0.29, 0.717) is 11.6 Å². The van der Waals surface area contributed by atoms with Gasteiger partial charge in [-0.05, 0) is 30.8 Å². The van der Waals surface area contributed by atoms with E-state index in [4.69, 9.17) is 16.7 Å². The molecule has 1 heterocycles. The molecule has 20 heavy (non-hydrogen) atoms. The molecule has 0 aliphatic carbocycles. The Morgan fingerprint density at radius 2 is 2.20 bits per heavy atom. The SMILES string of the molecule is CN(Cc1cnn(C)c1)Cc1cc(C(=O)O)ccc1Cl. The molecule has 0 radical (unpaired) electrons. The van der Waals surface area contributed by atoms with Gasteiger partial charge in [-0.3, -0.25) is 9.58 Å². The van der Waals surface area contributed by atoms with Crippen molar-refractivity contribution in [2.45, 2.75) is 13.1 Å². The van der Waals surface area contributed by atoms with Crippen LogP contribution in [-0.4, -0.2) is 32.8 Å². The van der Waals surface area contributed by atoms with E-state index in [1.807, 2.05) is 26.5 Å². The molecule has 0 atom stereocenters. The zero-order valence-corrected chi connectivity index (χ0v) is 12.1. The van der Waals surface area contributed by atoms with Gasteiger partial charge in [0, 0.05) is 36.9 Å². The molecule has 0 saturated carbocycles. The average Bonchev–Trinajstić information content (AvgIpc) is 2.77. The Labute approximate surface area is 122 Å². The largest absolute Gasteiger partial charge is 0.478 e. The molecule has 0 aliphatic heterocycles. The summed E-state index contributed by atoms with van der Waals surface area (Å²) in [4.78, 5) is 13.0. The number of carboxylic acids is 1. The van der Waals surface area contributed by atoms with Gasteiger partial charge in [-0.1, -0.05) is 11.6 Å². The van der Waals surface area contributed by atoms with Crippen LogP contribution in [0.25, 0.3) is 0 Å². The first-order chi connectivity index (χ1) is 9.45. The second kappa shape index (κ2) is 6.07. The van der Waals surface area contributed by atoms with Gasteiger partial charge in [-0.2, -0.15) is 5.10 Å². The molecule has 0 fully saturated rings. The standard InChI is InChI=1S/C14H16ClN3O2/c1-17(7-10-6-16-18(2)8-10)9-12-5-11(14(19)20)3-4-13(12)15/h3-6,8H,7,9H2,1-2H3,(H,19,20). The molecule has 0 amide bonds. The number of rotatable bonds is 5. The lowest BCUT2D eigenvalue weighted by atomic mass is 10.1. The molecular formula is C14H16ClN3O2. The van der Waals surface area contributed by atoms with Gasteiger partial charge in [0.05, 0.1) is 11.8 Å². The molecule has 0 saturated heterocycles. The van der Waals surface area contributed by atoms with E-state index in [9.17, 15) is 4.79 Å². The summed E-state index contributed by atoms with van der Waals surface area (Å²) in [5, 5.41) is 13.7. The summed E-state index contributed by atoms with van der Waals surface area (Å²) < 4.78 is 1.75. The van der Waals surface area contributed by atoms with Gasteiger partial charge in [0.1, 0.15) is 0 Å². The number of aryl methyl sites for hydroxylation is 1. The molecular weight excluding hydrogens is 278 g/mol. The maximum absolute atomic E-state index is 11.0. The first kappa shape index (κ1) is 14.6. The van der Waals surface area contributed by atoms with Gasteiger partial charge >= 0.3 is 5.97 Å². The van der Waals surface area contributed by atoms with Crippen LogP contribution in [0, 0.1) is 0 Å². The Balaban J connectivity index is 2.08. The van der Waals surface area contributed by atoms with Crippen molar-refractivity contribution in [2.75, 3.05) is 7.05 Å². The Morgan fingerprint density at radius 3 is 2.80 bits per heavy atom. The van der Waals surface area contributed by atoms with Crippen LogP contribution in [0.15, 0.2) is 30.6 Å². The fraction of sp³-hybridized carbons (Fsp3) is 0.286. The van der Waals surface area contributed by atoms with Gasteiger partial charge in [0.2, 0.25) is 0 Å². The topological polar surface area (TPSA) is 58.4 Å². The lowest BCUT2D eigenvalue weighted by molar-refractivity contribution is 0.0696. The van der Waals surface area contributed by atoms with E-state index in [2.05, 4.69) is 10.00 Å². The number of nitrogens with zero attached hydrogens (tertiary/aromatic N) is 3. The zero-order valence-electron chi connectivity index (χ0n) is 11.4. The van der Waals surface area contributed by atoms with Crippen LogP contribution in [-0.2, 0) is 20.1 Å². The van der Waals surface area contributed by atoms with Gasteiger partial charge in [-0.25, -0.2) is 4.79 Å². The number of hydrogen-bond donors (Lipinski definition) is 1. The van der Waals surface area contributed by atoms with Crippen molar-refractivity contribution in [3.8, 4) is 0 Å². The van der Waals surface area contributed by atoms with Crippen molar-refractivity contribution < 1.29 is 9.90 Å². The molecule has 0 spiro atoms. The van der Waals surface area contributed by atoms with Crippen LogP contribution < -0.4 is 0 Å². The number of benzene rings is 1. The summed E-state index contributed by atoms with van der Waals surface area (Å²) in [5.74, 6) is -0.946. The van der Waals surface area contributed by atoms with Crippen LogP contribution in [0.2, 0.25) is 5.02 Å². The first-order valence-corrected chi connectivity index (χ1v) is 6.51. The predicted octanol–water partition coefficient (Wildman–Crippen LogP) is 2.40. The van der Waals surface area contributed by atoms with Gasteiger partial charge in [0.25, 0.3) is 0 Å². The van der Waals surface area contributed by atoms with Crippen LogP contribution in [0.3, 0.4) is 0 Å². The van der Waals surface area contributed by atoms with Gasteiger partial charge in [-0.15, -0.1) is 0 Å². The summed E-state index contributed by atoms with van der Waals surface area (Å²) in [5.41, 5.74) is 2.15. The number of aromatic nitrogens is 2. The second-order valence-electron chi connectivity index (χ2n) is 4.81. The number of hydrogen-bond acceptors (Lipinski definition) is 3. The van der Waals surface area contributed by atoms with E-state index in [1.165, 1.54) is 6.07 Å². The Kier molecular flexibility index (Phi) is 4.42. The van der Waals surface area contributed by atoms with E-state index >= 15 is 0 Å². The number of aromatic carboxylic acids is 1. The highest BCUT2D eigenvalue weighted by molar-refractivity contribution is 6.31. The highest BCUT2D eigenvalue weighted by atomic mass is 35.5. The maximum atomic E-state index is 11.0. The smallest absolute Gasteiger partial charge is 0.335 e. The van der Waals surface area contributed by atoms with Crippen molar-refractivity contribution in [3.05, 3.63) is 52.3 Å². The molecule has 1 aromatic heterocycles. The third kappa shape index (κ3) is 3.59. The highest BCUT2D eigenvalue weighted by Gasteiger charge is 2.10. The molecule has 0 aliphatic rings. The zero-order chi connectivity index (χ0) is 14.7. The number of carbonyl (C=O) groups is 1. The molecule has 106 valence electrons. The van der Waals surface area contributed by atoms with Crippen LogP contribution in [0.1, 0.15) is 21.5 Å². The predicted molar refractivity (Wildman–Crippen MR) is 76.8 cm³/mol. The lowest BCUT2D eigenvalue weighted by Gasteiger charge is -2.17. The summed E-state index contributed by atoms with van der Waals surface area (Å²) in [6, 6.07) is 4.75. The first-order valence-electron chi connectivity index (χ1n) is 6.13. The fourth-order valence-electron chi connectivity index (χ4n) is 2.04. The molecule has 5 nitrogen and oxygen atoms in total. The monoisotopic (exact) mass is 293 g/mol. The fourth-order valence-corrected chi connectivity index (χ4v) is 2.22. The Bertz CT molecular complexity index is 625. The average molecular weight is 294 g/mol. The Hall–Kier alpha value is -1.85. The van der Waals surface area contributed by atoms with Crippen molar-refractivity contribution in [1.29, 1.82) is 0 Å². The third-order valence-electron chi connectivity index (χ3n) is 2.94. The van der Waals surface area contributed by atoms with Gasteiger partial charge < -0.3 is 5.11 Å². The summed E-state index contributed by atoms with van der Waals surface area (Å²) in [6.45, 7) is 1.30. The minimum absolute atomic E-state index is 0.249. The number of carboxylic acid groups (broad SMARTS) is 1. The quantitative estimate of drug-likeness (QED) is 0.920. The van der Waals surface area contributed by atoms with E-state index in [0.717, 1.165) is 17.7 Å². The summed E-state index contributed by atoms with van der Waals surface area (Å²) in [6.07, 6.45) is 3.76. The lowest BCUT2D eigenvalue weighted by Crippen LogP contribution is -2.17. The Morgan fingerprint density at radius 1 is 1.45 bits per heavy atom. The van der Waals surface area contributed by atoms with Crippen LogP contribution >= 0.6 is 11.6 Å². The van der Waals surface area contributed by atoms with E-state index in [1.54, 1.807) is 16.8 Å². The molecule has 0 unspecified atom stereocenters. The van der Waals surface area contributed by atoms with Gasteiger partial charge in [0.15, 0.2) is 0 Å². The van der Waals surface area contributed by atoms with Crippen molar-refractivity contribution in [1.82, 2.24) is 14.7 Å². The minimum atomic E-state index is -0.946. The van der Waals surface area contributed by atoms with E-state index in [-0.39, 0.29) is 5.56 Å². The second-order valence-corrected chi connectivity index (χ2v) is 5.21. The van der Waals surface area contributed by atoms with Crippen molar-refractivity contribution in [3.63, 3.8) is 0 Å². The normalized spacial score (nSPS) is 11.0. The molecule has 2 aromatic rings.